The summed E-state index contributed by atoms with van der Waals surface area (Å²) in [6.45, 7) is 2.88. The highest BCUT2D eigenvalue weighted by molar-refractivity contribution is 5.77. The van der Waals surface area contributed by atoms with Crippen LogP contribution in [0.4, 0.5) is 0 Å². The fourth-order valence-electron chi connectivity index (χ4n) is 1.25. The summed E-state index contributed by atoms with van der Waals surface area (Å²) in [5.74, 6) is -0.0653. The fourth-order valence-corrected chi connectivity index (χ4v) is 1.25. The Bertz CT molecular complexity index is 312. The summed E-state index contributed by atoms with van der Waals surface area (Å²) >= 11 is 0. The van der Waals surface area contributed by atoms with Gasteiger partial charge in [0.05, 0.1) is 12.6 Å². The highest BCUT2D eigenvalue weighted by Gasteiger charge is 2.01. The SMILES string of the molecule is CC(O)CNCC(=O)NCc1ccccc1. The highest BCUT2D eigenvalue weighted by Crippen LogP contribution is 1.96. The van der Waals surface area contributed by atoms with Gasteiger partial charge in [0.15, 0.2) is 0 Å². The molecule has 16 heavy (non-hydrogen) atoms. The van der Waals surface area contributed by atoms with E-state index in [1.807, 2.05) is 30.3 Å². The zero-order chi connectivity index (χ0) is 11.8. The second kappa shape index (κ2) is 6.98. The zero-order valence-electron chi connectivity index (χ0n) is 9.44. The van der Waals surface area contributed by atoms with Crippen molar-refractivity contribution in [3.05, 3.63) is 35.9 Å². The average molecular weight is 222 g/mol. The van der Waals surface area contributed by atoms with Gasteiger partial charge in [0.1, 0.15) is 0 Å². The molecule has 0 heterocycles. The van der Waals surface area contributed by atoms with Crippen LogP contribution in [0.15, 0.2) is 30.3 Å². The normalized spacial score (nSPS) is 12.1. The number of nitrogens with one attached hydrogen (secondary N) is 2. The third-order valence-corrected chi connectivity index (χ3v) is 2.06. The summed E-state index contributed by atoms with van der Waals surface area (Å²) in [5, 5.41) is 14.6. The van der Waals surface area contributed by atoms with E-state index in [0.717, 1.165) is 5.56 Å². The lowest BCUT2D eigenvalue weighted by molar-refractivity contribution is -0.120. The van der Waals surface area contributed by atoms with Gasteiger partial charge in [0, 0.05) is 13.1 Å². The summed E-state index contributed by atoms with van der Waals surface area (Å²) in [7, 11) is 0. The Kier molecular flexibility index (Phi) is 5.53. The first-order chi connectivity index (χ1) is 7.68. The molecule has 0 aliphatic rings. The summed E-state index contributed by atoms with van der Waals surface area (Å²) in [5.41, 5.74) is 1.08. The van der Waals surface area contributed by atoms with Gasteiger partial charge in [-0.25, -0.2) is 0 Å². The molecule has 4 nitrogen and oxygen atoms in total. The summed E-state index contributed by atoms with van der Waals surface area (Å²) < 4.78 is 0. The van der Waals surface area contributed by atoms with Crippen molar-refractivity contribution in [3.8, 4) is 0 Å². The number of rotatable bonds is 6. The molecule has 1 aromatic carbocycles. The molecule has 0 spiro atoms. The number of carbonyl (C=O) groups is 1. The van der Waals surface area contributed by atoms with Gasteiger partial charge < -0.3 is 15.7 Å². The summed E-state index contributed by atoms with van der Waals surface area (Å²) in [4.78, 5) is 11.3. The van der Waals surface area contributed by atoms with E-state index in [2.05, 4.69) is 10.6 Å². The van der Waals surface area contributed by atoms with E-state index >= 15 is 0 Å². The van der Waals surface area contributed by atoms with Crippen molar-refractivity contribution in [2.75, 3.05) is 13.1 Å². The van der Waals surface area contributed by atoms with Crippen molar-refractivity contribution >= 4 is 5.91 Å². The third-order valence-electron chi connectivity index (χ3n) is 2.06. The topological polar surface area (TPSA) is 61.4 Å². The quantitative estimate of drug-likeness (QED) is 0.647. The minimum atomic E-state index is -0.429. The monoisotopic (exact) mass is 222 g/mol. The van der Waals surface area contributed by atoms with Crippen LogP contribution in [0.25, 0.3) is 0 Å². The van der Waals surface area contributed by atoms with Crippen molar-refractivity contribution in [3.63, 3.8) is 0 Å². The van der Waals surface area contributed by atoms with Crippen LogP contribution in [-0.4, -0.2) is 30.2 Å². The molecule has 1 aromatic rings. The standard InChI is InChI=1S/C12H18N2O2/c1-10(15)7-13-9-12(16)14-8-11-5-3-2-4-6-11/h2-6,10,13,15H,7-9H2,1H3,(H,14,16). The maximum atomic E-state index is 11.3. The van der Waals surface area contributed by atoms with Crippen LogP contribution in [0.1, 0.15) is 12.5 Å². The van der Waals surface area contributed by atoms with Gasteiger partial charge in [0.25, 0.3) is 0 Å². The Hall–Kier alpha value is -1.39. The molecular weight excluding hydrogens is 204 g/mol. The van der Waals surface area contributed by atoms with Crippen molar-refractivity contribution in [2.45, 2.75) is 19.6 Å². The highest BCUT2D eigenvalue weighted by atomic mass is 16.3. The van der Waals surface area contributed by atoms with Crippen molar-refractivity contribution in [1.82, 2.24) is 10.6 Å². The number of carbonyl (C=O) groups excluding carboxylic acids is 1. The second-order valence-corrected chi connectivity index (χ2v) is 3.74. The first-order valence-corrected chi connectivity index (χ1v) is 5.38. The minimum Gasteiger partial charge on any atom is -0.392 e. The van der Waals surface area contributed by atoms with Gasteiger partial charge in [0.2, 0.25) is 5.91 Å². The van der Waals surface area contributed by atoms with Gasteiger partial charge in [-0.2, -0.15) is 0 Å². The smallest absolute Gasteiger partial charge is 0.234 e. The number of aliphatic hydroxyl groups excluding tert-OH is 1. The Balaban J connectivity index is 2.16. The van der Waals surface area contributed by atoms with Crippen LogP contribution in [0.3, 0.4) is 0 Å². The largest absolute Gasteiger partial charge is 0.392 e. The minimum absolute atomic E-state index is 0.0653. The van der Waals surface area contributed by atoms with Crippen LogP contribution in [0.5, 0.6) is 0 Å². The predicted molar refractivity (Wildman–Crippen MR) is 62.8 cm³/mol. The maximum Gasteiger partial charge on any atom is 0.234 e. The van der Waals surface area contributed by atoms with E-state index < -0.39 is 6.10 Å². The number of hydrogen-bond donors (Lipinski definition) is 3. The van der Waals surface area contributed by atoms with E-state index in [1.54, 1.807) is 6.92 Å². The molecule has 1 rings (SSSR count). The van der Waals surface area contributed by atoms with Gasteiger partial charge in [-0.3, -0.25) is 4.79 Å². The van der Waals surface area contributed by atoms with Crippen LogP contribution < -0.4 is 10.6 Å². The van der Waals surface area contributed by atoms with E-state index in [4.69, 9.17) is 5.11 Å². The molecule has 4 heteroatoms. The Labute approximate surface area is 95.7 Å². The molecule has 1 amide bonds. The Morgan fingerprint density at radius 2 is 2.06 bits per heavy atom. The second-order valence-electron chi connectivity index (χ2n) is 3.74. The molecule has 88 valence electrons. The molecular formula is C12H18N2O2. The summed E-state index contributed by atoms with van der Waals surface area (Å²) in [6, 6.07) is 9.74. The fraction of sp³-hybridized carbons (Fsp3) is 0.417. The van der Waals surface area contributed by atoms with Crippen LogP contribution >= 0.6 is 0 Å². The molecule has 3 N–H and O–H groups in total. The first kappa shape index (κ1) is 12.7. The van der Waals surface area contributed by atoms with E-state index in [9.17, 15) is 4.79 Å². The average Bonchev–Trinajstić information content (AvgIpc) is 2.27. The van der Waals surface area contributed by atoms with Gasteiger partial charge in [-0.1, -0.05) is 30.3 Å². The lowest BCUT2D eigenvalue weighted by Crippen LogP contribution is -2.36. The molecule has 0 aliphatic heterocycles. The number of aliphatic hydroxyl groups is 1. The molecule has 0 radical (unpaired) electrons. The van der Waals surface area contributed by atoms with E-state index in [1.165, 1.54) is 0 Å². The molecule has 0 saturated heterocycles. The lowest BCUT2D eigenvalue weighted by Gasteiger charge is -2.07. The number of hydrogen-bond acceptors (Lipinski definition) is 3. The Morgan fingerprint density at radius 1 is 1.38 bits per heavy atom. The molecule has 0 saturated carbocycles. The molecule has 0 aromatic heterocycles. The van der Waals surface area contributed by atoms with Crippen molar-refractivity contribution < 1.29 is 9.90 Å². The Morgan fingerprint density at radius 3 is 2.69 bits per heavy atom. The van der Waals surface area contributed by atoms with Crippen LogP contribution in [-0.2, 0) is 11.3 Å². The van der Waals surface area contributed by atoms with Gasteiger partial charge in [-0.05, 0) is 12.5 Å². The maximum absolute atomic E-state index is 11.3. The predicted octanol–water partition coefficient (Wildman–Crippen LogP) is 0.273. The molecule has 0 bridgehead atoms. The molecule has 0 aliphatic carbocycles. The van der Waals surface area contributed by atoms with Crippen LogP contribution in [0, 0.1) is 0 Å². The third kappa shape index (κ3) is 5.48. The molecule has 1 unspecified atom stereocenters. The van der Waals surface area contributed by atoms with E-state index in [0.29, 0.717) is 13.1 Å². The molecule has 0 fully saturated rings. The lowest BCUT2D eigenvalue weighted by atomic mass is 10.2. The van der Waals surface area contributed by atoms with E-state index in [-0.39, 0.29) is 12.5 Å². The van der Waals surface area contributed by atoms with Crippen LogP contribution in [0.2, 0.25) is 0 Å². The molecule has 1 atom stereocenters. The number of benzene rings is 1. The number of amides is 1. The van der Waals surface area contributed by atoms with Gasteiger partial charge in [-0.15, -0.1) is 0 Å². The summed E-state index contributed by atoms with van der Waals surface area (Å²) in [6.07, 6.45) is -0.429. The van der Waals surface area contributed by atoms with Crippen molar-refractivity contribution in [1.29, 1.82) is 0 Å². The zero-order valence-corrected chi connectivity index (χ0v) is 9.44. The van der Waals surface area contributed by atoms with Crippen molar-refractivity contribution in [2.24, 2.45) is 0 Å². The van der Waals surface area contributed by atoms with Gasteiger partial charge >= 0.3 is 0 Å². The first-order valence-electron chi connectivity index (χ1n) is 5.38.